The number of rotatable bonds is 16. The van der Waals surface area contributed by atoms with Gasteiger partial charge in [-0.2, -0.15) is 0 Å². The summed E-state index contributed by atoms with van der Waals surface area (Å²) in [7, 11) is -1.98. The van der Waals surface area contributed by atoms with Crippen LogP contribution >= 0.6 is 7.82 Å². The van der Waals surface area contributed by atoms with Crippen LogP contribution in [0.4, 0.5) is 0 Å². The van der Waals surface area contributed by atoms with Gasteiger partial charge < -0.3 is 10.2 Å². The number of phosphoric ester groups is 1. The lowest BCUT2D eigenvalue weighted by molar-refractivity contribution is 0.0737. The van der Waals surface area contributed by atoms with E-state index in [1.54, 1.807) is 0 Å². The van der Waals surface area contributed by atoms with E-state index in [2.05, 4.69) is 12.2 Å². The van der Waals surface area contributed by atoms with E-state index in [4.69, 9.17) is 9.05 Å². The van der Waals surface area contributed by atoms with Crippen molar-refractivity contribution in [1.82, 2.24) is 5.32 Å². The standard InChI is InChI=1S/C20H42NO4P/c1-3-4-5-6-7-8-9-10-11-12-13-17-24-26(22,23)25-20-16-14-15-19(18-20)21-2/h19-21H,3-18H2,1-2H3,(H,22,23). The fourth-order valence-corrected chi connectivity index (χ4v) is 4.66. The zero-order chi connectivity index (χ0) is 19.1. The predicted octanol–water partition coefficient (Wildman–Crippen LogP) is 5.96. The molecule has 26 heavy (non-hydrogen) atoms. The minimum absolute atomic E-state index is 0.172. The van der Waals surface area contributed by atoms with Crippen LogP contribution < -0.4 is 5.32 Å². The Morgan fingerprint density at radius 1 is 0.962 bits per heavy atom. The molecule has 0 spiro atoms. The van der Waals surface area contributed by atoms with Gasteiger partial charge in [-0.25, -0.2) is 4.57 Å². The molecule has 1 fully saturated rings. The quantitative estimate of drug-likeness (QED) is 0.251. The summed E-state index contributed by atoms with van der Waals surface area (Å²) in [5, 5.41) is 3.22. The summed E-state index contributed by atoms with van der Waals surface area (Å²) < 4.78 is 22.6. The van der Waals surface area contributed by atoms with Crippen LogP contribution in [0.3, 0.4) is 0 Å². The van der Waals surface area contributed by atoms with Crippen molar-refractivity contribution in [2.75, 3.05) is 13.7 Å². The van der Waals surface area contributed by atoms with E-state index in [-0.39, 0.29) is 6.10 Å². The number of unbranched alkanes of at least 4 members (excludes halogenated alkanes) is 10. The first-order valence-corrected chi connectivity index (χ1v) is 12.4. The lowest BCUT2D eigenvalue weighted by Gasteiger charge is -2.29. The molecule has 0 aromatic rings. The van der Waals surface area contributed by atoms with Crippen molar-refractivity contribution in [3.8, 4) is 0 Å². The average molecular weight is 392 g/mol. The van der Waals surface area contributed by atoms with Gasteiger partial charge in [-0.05, 0) is 39.2 Å². The van der Waals surface area contributed by atoms with Crippen molar-refractivity contribution in [1.29, 1.82) is 0 Å². The van der Waals surface area contributed by atoms with E-state index in [1.165, 1.54) is 57.8 Å². The first kappa shape index (κ1) is 24.1. The van der Waals surface area contributed by atoms with Crippen LogP contribution in [0.5, 0.6) is 0 Å². The second-order valence-corrected chi connectivity index (χ2v) is 9.12. The summed E-state index contributed by atoms with van der Waals surface area (Å²) in [5.41, 5.74) is 0. The van der Waals surface area contributed by atoms with E-state index in [9.17, 15) is 9.46 Å². The van der Waals surface area contributed by atoms with Crippen LogP contribution in [0.1, 0.15) is 103 Å². The van der Waals surface area contributed by atoms with Gasteiger partial charge in [0, 0.05) is 6.04 Å². The molecule has 0 aromatic carbocycles. The second kappa shape index (κ2) is 15.0. The highest BCUT2D eigenvalue weighted by Crippen LogP contribution is 2.46. The van der Waals surface area contributed by atoms with Crippen molar-refractivity contribution in [3.05, 3.63) is 0 Å². The molecule has 0 bridgehead atoms. The van der Waals surface area contributed by atoms with Gasteiger partial charge in [-0.1, -0.05) is 71.1 Å². The molecule has 0 aromatic heterocycles. The van der Waals surface area contributed by atoms with Crippen molar-refractivity contribution in [3.63, 3.8) is 0 Å². The Morgan fingerprint density at radius 3 is 2.12 bits per heavy atom. The van der Waals surface area contributed by atoms with Gasteiger partial charge in [-0.15, -0.1) is 0 Å². The van der Waals surface area contributed by atoms with Crippen LogP contribution in [0, 0.1) is 0 Å². The predicted molar refractivity (Wildman–Crippen MR) is 108 cm³/mol. The molecule has 1 rings (SSSR count). The molecular formula is C20H42NO4P. The van der Waals surface area contributed by atoms with Crippen molar-refractivity contribution < 1.29 is 18.5 Å². The third kappa shape index (κ3) is 12.5. The molecule has 5 nitrogen and oxygen atoms in total. The third-order valence-corrected chi connectivity index (χ3v) is 6.39. The maximum absolute atomic E-state index is 12.0. The van der Waals surface area contributed by atoms with Gasteiger partial charge in [0.05, 0.1) is 12.7 Å². The first-order chi connectivity index (χ1) is 12.6. The summed E-state index contributed by atoms with van der Waals surface area (Å²) in [6.45, 7) is 2.56. The average Bonchev–Trinajstić information content (AvgIpc) is 2.62. The maximum Gasteiger partial charge on any atom is 0.472 e. The summed E-state index contributed by atoms with van der Waals surface area (Å²) in [5.74, 6) is 0. The molecule has 3 atom stereocenters. The fourth-order valence-electron chi connectivity index (χ4n) is 3.67. The molecule has 1 saturated carbocycles. The number of phosphoric acid groups is 1. The van der Waals surface area contributed by atoms with Gasteiger partial charge >= 0.3 is 7.82 Å². The SMILES string of the molecule is CCCCCCCCCCCCCOP(=O)(O)OC1CCCC(NC)C1. The summed E-state index contributed by atoms with van der Waals surface area (Å²) in [6.07, 6.45) is 17.4. The van der Waals surface area contributed by atoms with E-state index >= 15 is 0 Å². The summed E-state index contributed by atoms with van der Waals surface area (Å²) in [6, 6.07) is 0.375. The number of hydrogen-bond donors (Lipinski definition) is 2. The highest BCUT2D eigenvalue weighted by molar-refractivity contribution is 7.47. The van der Waals surface area contributed by atoms with Crippen LogP contribution in [-0.4, -0.2) is 30.7 Å². The Balaban J connectivity index is 1.95. The number of nitrogens with one attached hydrogen (secondary N) is 1. The Morgan fingerprint density at radius 2 is 1.54 bits per heavy atom. The van der Waals surface area contributed by atoms with Gasteiger partial charge in [0.15, 0.2) is 0 Å². The molecule has 0 radical (unpaired) electrons. The zero-order valence-electron chi connectivity index (χ0n) is 17.1. The molecule has 0 heterocycles. The Bertz CT molecular complexity index is 381. The van der Waals surface area contributed by atoms with E-state index in [0.717, 1.165) is 38.5 Å². The lowest BCUT2D eigenvalue weighted by atomic mass is 9.93. The van der Waals surface area contributed by atoms with Crippen molar-refractivity contribution in [2.45, 2.75) is 115 Å². The van der Waals surface area contributed by atoms with E-state index in [1.807, 2.05) is 7.05 Å². The first-order valence-electron chi connectivity index (χ1n) is 10.9. The maximum atomic E-state index is 12.0. The molecule has 1 aliphatic carbocycles. The van der Waals surface area contributed by atoms with Crippen LogP contribution in [0.25, 0.3) is 0 Å². The topological polar surface area (TPSA) is 67.8 Å². The van der Waals surface area contributed by atoms with E-state index < -0.39 is 7.82 Å². The van der Waals surface area contributed by atoms with Crippen LogP contribution in [-0.2, 0) is 13.6 Å². The molecule has 3 unspecified atom stereocenters. The zero-order valence-corrected chi connectivity index (χ0v) is 18.0. The third-order valence-electron chi connectivity index (χ3n) is 5.32. The normalized spacial score (nSPS) is 23.0. The molecule has 0 amide bonds. The highest BCUT2D eigenvalue weighted by atomic mass is 31.2. The fraction of sp³-hybridized carbons (Fsp3) is 1.00. The van der Waals surface area contributed by atoms with Gasteiger partial charge in [0.1, 0.15) is 0 Å². The molecule has 156 valence electrons. The van der Waals surface area contributed by atoms with Gasteiger partial charge in [0.25, 0.3) is 0 Å². The second-order valence-electron chi connectivity index (χ2n) is 7.72. The molecule has 0 aliphatic heterocycles. The highest BCUT2D eigenvalue weighted by Gasteiger charge is 2.30. The van der Waals surface area contributed by atoms with Crippen molar-refractivity contribution >= 4 is 7.82 Å². The minimum Gasteiger partial charge on any atom is -0.317 e. The minimum atomic E-state index is -3.91. The Kier molecular flexibility index (Phi) is 14.0. The monoisotopic (exact) mass is 391 g/mol. The number of hydrogen-bond acceptors (Lipinski definition) is 4. The Hall–Kier alpha value is 0.0700. The Labute approximate surface area is 161 Å². The van der Waals surface area contributed by atoms with Gasteiger partial charge in [-0.3, -0.25) is 9.05 Å². The molecule has 0 saturated heterocycles. The van der Waals surface area contributed by atoms with E-state index in [0.29, 0.717) is 12.6 Å². The smallest absolute Gasteiger partial charge is 0.317 e. The van der Waals surface area contributed by atoms with Crippen molar-refractivity contribution in [2.24, 2.45) is 0 Å². The molecule has 1 aliphatic rings. The molecule has 2 N–H and O–H groups in total. The summed E-state index contributed by atoms with van der Waals surface area (Å²) in [4.78, 5) is 9.88. The van der Waals surface area contributed by atoms with Gasteiger partial charge in [0.2, 0.25) is 0 Å². The van der Waals surface area contributed by atoms with Crippen LogP contribution in [0.15, 0.2) is 0 Å². The molecule has 6 heteroatoms. The summed E-state index contributed by atoms with van der Waals surface area (Å²) >= 11 is 0. The lowest BCUT2D eigenvalue weighted by Crippen LogP contribution is -2.34. The largest absolute Gasteiger partial charge is 0.472 e. The van der Waals surface area contributed by atoms with Crippen LogP contribution in [0.2, 0.25) is 0 Å². The molecular weight excluding hydrogens is 349 g/mol.